The maximum Gasteiger partial charge on any atom is 0.266 e. The van der Waals surface area contributed by atoms with E-state index in [-0.39, 0.29) is 18.3 Å². The van der Waals surface area contributed by atoms with E-state index in [2.05, 4.69) is 10.4 Å². The Kier molecular flexibility index (Phi) is 4.93. The third-order valence-electron chi connectivity index (χ3n) is 4.44. The van der Waals surface area contributed by atoms with E-state index in [1.807, 2.05) is 37.3 Å². The molecule has 0 aliphatic rings. The maximum atomic E-state index is 14.3. The van der Waals surface area contributed by atoms with Gasteiger partial charge in [0.15, 0.2) is 0 Å². The summed E-state index contributed by atoms with van der Waals surface area (Å²) < 4.78 is 22.1. The van der Waals surface area contributed by atoms with Crippen LogP contribution in [-0.2, 0) is 11.3 Å². The number of methoxy groups -OCH3 is 1. The third-order valence-corrected chi connectivity index (χ3v) is 5.63. The Morgan fingerprint density at radius 1 is 1.25 bits per heavy atom. The van der Waals surface area contributed by atoms with Gasteiger partial charge in [0, 0.05) is 40.3 Å². The lowest BCUT2D eigenvalue weighted by molar-refractivity contribution is 0.102. The largest absolute Gasteiger partial charge is 0.380 e. The topological polar surface area (TPSA) is 56.1 Å². The molecular formula is C21H18FN3O2S. The molecule has 0 fully saturated rings. The number of thiophene rings is 1. The number of hydrogen-bond acceptors (Lipinski definition) is 4. The molecule has 0 bridgehead atoms. The molecule has 0 unspecified atom stereocenters. The van der Waals surface area contributed by atoms with E-state index in [1.54, 1.807) is 23.0 Å². The fraction of sp³-hybridized carbons (Fsp3) is 0.143. The molecule has 0 saturated heterocycles. The zero-order valence-electron chi connectivity index (χ0n) is 15.4. The first-order valence-corrected chi connectivity index (χ1v) is 9.51. The van der Waals surface area contributed by atoms with Crippen LogP contribution >= 0.6 is 11.3 Å². The molecule has 4 rings (SSSR count). The van der Waals surface area contributed by atoms with E-state index >= 15 is 0 Å². The molecule has 0 saturated carbocycles. The fourth-order valence-electron chi connectivity index (χ4n) is 3.18. The Morgan fingerprint density at radius 3 is 2.82 bits per heavy atom. The number of fused-ring (bicyclic) bond motifs is 1. The summed E-state index contributed by atoms with van der Waals surface area (Å²) in [4.78, 5) is 13.4. The summed E-state index contributed by atoms with van der Waals surface area (Å²) in [6.07, 6.45) is 1.73. The van der Waals surface area contributed by atoms with Gasteiger partial charge in [-0.15, -0.1) is 11.3 Å². The molecule has 0 aliphatic carbocycles. The van der Waals surface area contributed by atoms with Gasteiger partial charge in [-0.2, -0.15) is 5.10 Å². The fourth-order valence-corrected chi connectivity index (χ4v) is 4.29. The normalized spacial score (nSPS) is 11.1. The van der Waals surface area contributed by atoms with Gasteiger partial charge in [0.1, 0.15) is 5.82 Å². The predicted molar refractivity (Wildman–Crippen MR) is 109 cm³/mol. The van der Waals surface area contributed by atoms with Crippen LogP contribution in [0.3, 0.4) is 0 Å². The first kappa shape index (κ1) is 18.3. The number of ether oxygens (including phenoxy) is 1. The van der Waals surface area contributed by atoms with Gasteiger partial charge in [-0.3, -0.25) is 4.79 Å². The molecule has 142 valence electrons. The summed E-state index contributed by atoms with van der Waals surface area (Å²) in [5.74, 6) is -0.641. The van der Waals surface area contributed by atoms with E-state index in [0.29, 0.717) is 21.5 Å². The SMILES string of the molecule is COCc1c(C(=O)Nc2cccc(-n3nccc3C)c2)sc2cccc(F)c12. The van der Waals surface area contributed by atoms with Crippen LogP contribution in [0.5, 0.6) is 0 Å². The number of aryl methyl sites for hydroxylation is 1. The third kappa shape index (κ3) is 3.30. The summed E-state index contributed by atoms with van der Waals surface area (Å²) in [7, 11) is 1.53. The van der Waals surface area contributed by atoms with Crippen LogP contribution in [0.1, 0.15) is 20.9 Å². The van der Waals surface area contributed by atoms with Gasteiger partial charge in [0.25, 0.3) is 5.91 Å². The average molecular weight is 395 g/mol. The molecule has 0 radical (unpaired) electrons. The van der Waals surface area contributed by atoms with Gasteiger partial charge >= 0.3 is 0 Å². The van der Waals surface area contributed by atoms with Crippen molar-refractivity contribution in [3.05, 3.63) is 76.7 Å². The van der Waals surface area contributed by atoms with Crippen molar-refractivity contribution in [2.24, 2.45) is 0 Å². The van der Waals surface area contributed by atoms with Crippen molar-refractivity contribution in [2.75, 3.05) is 12.4 Å². The average Bonchev–Trinajstić information content (AvgIpc) is 3.27. The van der Waals surface area contributed by atoms with Crippen LogP contribution in [0.2, 0.25) is 0 Å². The quantitative estimate of drug-likeness (QED) is 0.521. The van der Waals surface area contributed by atoms with Crippen LogP contribution in [0.4, 0.5) is 10.1 Å². The van der Waals surface area contributed by atoms with Crippen molar-refractivity contribution >= 4 is 33.0 Å². The minimum absolute atomic E-state index is 0.163. The molecule has 0 atom stereocenters. The highest BCUT2D eigenvalue weighted by Crippen LogP contribution is 2.34. The molecular weight excluding hydrogens is 377 g/mol. The van der Waals surface area contributed by atoms with E-state index in [1.165, 1.54) is 24.5 Å². The number of hydrogen-bond donors (Lipinski definition) is 1. The van der Waals surface area contributed by atoms with Gasteiger partial charge in [-0.25, -0.2) is 9.07 Å². The number of halogens is 1. The molecule has 4 aromatic rings. The Bertz CT molecular complexity index is 1170. The molecule has 2 aromatic carbocycles. The number of nitrogens with zero attached hydrogens (tertiary/aromatic N) is 2. The second-order valence-electron chi connectivity index (χ2n) is 6.34. The number of anilines is 1. The molecule has 2 aromatic heterocycles. The summed E-state index contributed by atoms with van der Waals surface area (Å²) in [5, 5.41) is 7.65. The highest BCUT2D eigenvalue weighted by atomic mass is 32.1. The minimum atomic E-state index is -0.351. The molecule has 1 amide bonds. The van der Waals surface area contributed by atoms with Gasteiger partial charge in [0.2, 0.25) is 0 Å². The van der Waals surface area contributed by atoms with Crippen molar-refractivity contribution in [1.29, 1.82) is 0 Å². The van der Waals surface area contributed by atoms with Crippen LogP contribution in [0.15, 0.2) is 54.7 Å². The summed E-state index contributed by atoms with van der Waals surface area (Å²) in [5.41, 5.74) is 3.04. The van der Waals surface area contributed by atoms with Crippen molar-refractivity contribution in [1.82, 2.24) is 9.78 Å². The molecule has 5 nitrogen and oxygen atoms in total. The van der Waals surface area contributed by atoms with Crippen LogP contribution < -0.4 is 5.32 Å². The lowest BCUT2D eigenvalue weighted by atomic mass is 10.1. The molecule has 28 heavy (non-hydrogen) atoms. The Morgan fingerprint density at radius 2 is 2.07 bits per heavy atom. The van der Waals surface area contributed by atoms with Crippen molar-refractivity contribution in [3.8, 4) is 5.69 Å². The van der Waals surface area contributed by atoms with Gasteiger partial charge in [-0.1, -0.05) is 12.1 Å². The summed E-state index contributed by atoms with van der Waals surface area (Å²) in [6.45, 7) is 2.12. The van der Waals surface area contributed by atoms with Gasteiger partial charge in [0.05, 0.1) is 17.2 Å². The Labute approximate surface area is 165 Å². The summed E-state index contributed by atoms with van der Waals surface area (Å²) in [6, 6.07) is 14.2. The first-order valence-electron chi connectivity index (χ1n) is 8.69. The number of carbonyl (C=O) groups excluding carboxylic acids is 1. The predicted octanol–water partition coefficient (Wildman–Crippen LogP) is 4.93. The van der Waals surface area contributed by atoms with E-state index < -0.39 is 0 Å². The molecule has 7 heteroatoms. The molecule has 0 spiro atoms. The summed E-state index contributed by atoms with van der Waals surface area (Å²) >= 11 is 1.26. The smallest absolute Gasteiger partial charge is 0.266 e. The lowest BCUT2D eigenvalue weighted by Gasteiger charge is -2.09. The highest BCUT2D eigenvalue weighted by Gasteiger charge is 2.21. The van der Waals surface area contributed by atoms with Crippen LogP contribution in [0.25, 0.3) is 15.8 Å². The second-order valence-corrected chi connectivity index (χ2v) is 7.40. The number of aromatic nitrogens is 2. The number of amides is 1. The number of nitrogens with one attached hydrogen (secondary N) is 1. The first-order chi connectivity index (χ1) is 13.6. The second kappa shape index (κ2) is 7.53. The lowest BCUT2D eigenvalue weighted by Crippen LogP contribution is -2.13. The zero-order valence-corrected chi connectivity index (χ0v) is 16.2. The Hall–Kier alpha value is -3.03. The Balaban J connectivity index is 1.69. The maximum absolute atomic E-state index is 14.3. The number of rotatable bonds is 5. The molecule has 1 N–H and O–H groups in total. The molecule has 2 heterocycles. The highest BCUT2D eigenvalue weighted by molar-refractivity contribution is 7.21. The van der Waals surface area contributed by atoms with Crippen LogP contribution in [0, 0.1) is 12.7 Å². The molecule has 0 aliphatic heterocycles. The van der Waals surface area contributed by atoms with E-state index in [0.717, 1.165) is 16.1 Å². The zero-order chi connectivity index (χ0) is 19.7. The minimum Gasteiger partial charge on any atom is -0.380 e. The van der Waals surface area contributed by atoms with Crippen LogP contribution in [-0.4, -0.2) is 22.8 Å². The van der Waals surface area contributed by atoms with E-state index in [4.69, 9.17) is 4.74 Å². The monoisotopic (exact) mass is 395 g/mol. The van der Waals surface area contributed by atoms with Crippen molar-refractivity contribution in [2.45, 2.75) is 13.5 Å². The van der Waals surface area contributed by atoms with Crippen molar-refractivity contribution in [3.63, 3.8) is 0 Å². The number of benzene rings is 2. The van der Waals surface area contributed by atoms with Crippen molar-refractivity contribution < 1.29 is 13.9 Å². The van der Waals surface area contributed by atoms with Gasteiger partial charge < -0.3 is 10.1 Å². The van der Waals surface area contributed by atoms with Gasteiger partial charge in [-0.05, 0) is 43.3 Å². The number of carbonyl (C=O) groups is 1. The van der Waals surface area contributed by atoms with E-state index in [9.17, 15) is 9.18 Å². The standard InChI is InChI=1S/C21H18FN3O2S/c1-13-9-10-23-25(13)15-6-3-5-14(11-15)24-21(26)20-16(12-27-2)19-17(22)7-4-8-18(19)28-20/h3-11H,12H2,1-2H3,(H,24,26).